The van der Waals surface area contributed by atoms with Gasteiger partial charge in [-0.15, -0.1) is 0 Å². The van der Waals surface area contributed by atoms with E-state index >= 15 is 0 Å². The van der Waals surface area contributed by atoms with E-state index in [-0.39, 0.29) is 5.57 Å². The van der Waals surface area contributed by atoms with Gasteiger partial charge in [-0.1, -0.05) is 12.1 Å². The van der Waals surface area contributed by atoms with Crippen LogP contribution in [0.5, 0.6) is 17.2 Å². The summed E-state index contributed by atoms with van der Waals surface area (Å²) in [6.07, 6.45) is 1.49. The van der Waals surface area contributed by atoms with Crippen LogP contribution in [0.25, 0.3) is 6.08 Å². The molecule has 0 unspecified atom stereocenters. The molecule has 2 aromatic carbocycles. The lowest BCUT2D eigenvalue weighted by Gasteiger charge is -2.09. The number of carbonyl (C=O) groups is 1. The molecule has 0 bridgehead atoms. The van der Waals surface area contributed by atoms with E-state index < -0.39 is 5.78 Å². The average molecular weight is 323 g/mol. The van der Waals surface area contributed by atoms with E-state index in [0.29, 0.717) is 28.4 Å². The summed E-state index contributed by atoms with van der Waals surface area (Å²) in [4.78, 5) is 12.6. The Kier molecular flexibility index (Phi) is 5.58. The smallest absolute Gasteiger partial charge is 0.207 e. The number of allylic oxidation sites excluding steroid dienone is 1. The maximum Gasteiger partial charge on any atom is 0.207 e. The van der Waals surface area contributed by atoms with Crippen LogP contribution in [0.3, 0.4) is 0 Å². The predicted molar refractivity (Wildman–Crippen MR) is 90.5 cm³/mol. The van der Waals surface area contributed by atoms with Crippen molar-refractivity contribution >= 4 is 11.9 Å². The van der Waals surface area contributed by atoms with Gasteiger partial charge in [-0.2, -0.15) is 5.26 Å². The molecule has 0 aromatic heterocycles. The van der Waals surface area contributed by atoms with Crippen LogP contribution in [0.15, 0.2) is 48.0 Å². The summed E-state index contributed by atoms with van der Waals surface area (Å²) in [7, 11) is 4.55. The van der Waals surface area contributed by atoms with Gasteiger partial charge in [0.15, 0.2) is 0 Å². The van der Waals surface area contributed by atoms with Crippen molar-refractivity contribution < 1.29 is 19.0 Å². The van der Waals surface area contributed by atoms with Crippen LogP contribution in [0.2, 0.25) is 0 Å². The number of nitrogens with zero attached hydrogens (tertiary/aromatic N) is 1. The molecule has 122 valence electrons. The average Bonchev–Trinajstić information content (AvgIpc) is 2.65. The number of ketones is 1. The van der Waals surface area contributed by atoms with Crippen molar-refractivity contribution in [2.24, 2.45) is 0 Å². The van der Waals surface area contributed by atoms with Crippen molar-refractivity contribution in [2.75, 3.05) is 21.3 Å². The first-order valence-electron chi connectivity index (χ1n) is 7.16. The second-order valence-electron chi connectivity index (χ2n) is 4.81. The van der Waals surface area contributed by atoms with Crippen LogP contribution in [0.4, 0.5) is 0 Å². The molecule has 0 N–H and O–H groups in total. The highest BCUT2D eigenvalue weighted by Crippen LogP contribution is 2.28. The predicted octanol–water partition coefficient (Wildman–Crippen LogP) is 3.50. The van der Waals surface area contributed by atoms with Crippen molar-refractivity contribution in [3.63, 3.8) is 0 Å². The zero-order valence-corrected chi connectivity index (χ0v) is 13.7. The van der Waals surface area contributed by atoms with Gasteiger partial charge in [0.05, 0.1) is 26.9 Å². The molecule has 0 aliphatic carbocycles. The van der Waals surface area contributed by atoms with Gasteiger partial charge >= 0.3 is 0 Å². The van der Waals surface area contributed by atoms with Crippen LogP contribution in [0, 0.1) is 11.3 Å². The molecule has 0 aliphatic rings. The topological polar surface area (TPSA) is 68.5 Å². The van der Waals surface area contributed by atoms with Crippen LogP contribution in [-0.2, 0) is 0 Å². The van der Waals surface area contributed by atoms with Crippen molar-refractivity contribution in [3.05, 3.63) is 59.2 Å². The van der Waals surface area contributed by atoms with Crippen molar-refractivity contribution in [2.45, 2.75) is 0 Å². The number of ether oxygens (including phenoxy) is 3. The van der Waals surface area contributed by atoms with E-state index in [0.717, 1.165) is 0 Å². The second kappa shape index (κ2) is 7.84. The summed E-state index contributed by atoms with van der Waals surface area (Å²) < 4.78 is 15.6. The summed E-state index contributed by atoms with van der Waals surface area (Å²) in [6, 6.07) is 13.9. The Morgan fingerprint density at radius 2 is 1.71 bits per heavy atom. The van der Waals surface area contributed by atoms with Gasteiger partial charge in [0, 0.05) is 11.6 Å². The number of nitriles is 1. The Balaban J connectivity index is 2.47. The van der Waals surface area contributed by atoms with E-state index in [9.17, 15) is 10.1 Å². The largest absolute Gasteiger partial charge is 0.497 e. The minimum absolute atomic E-state index is 0.0111. The molecule has 0 fully saturated rings. The first-order valence-corrected chi connectivity index (χ1v) is 7.16. The summed E-state index contributed by atoms with van der Waals surface area (Å²) in [5, 5.41) is 9.40. The van der Waals surface area contributed by atoms with E-state index in [4.69, 9.17) is 14.2 Å². The fourth-order valence-electron chi connectivity index (χ4n) is 2.22. The maximum atomic E-state index is 12.6. The summed E-state index contributed by atoms with van der Waals surface area (Å²) >= 11 is 0. The van der Waals surface area contributed by atoms with Crippen molar-refractivity contribution in [1.82, 2.24) is 0 Å². The standard InChI is InChI=1S/C19H17NO4/c1-22-15-9-8-13(18(11-15)24-3)10-14(12-20)19(21)16-6-4-5-7-17(16)23-2/h4-11H,1-3H3. The fourth-order valence-corrected chi connectivity index (χ4v) is 2.22. The van der Waals surface area contributed by atoms with Crippen LogP contribution < -0.4 is 14.2 Å². The summed E-state index contributed by atoms with van der Waals surface area (Å²) in [5.74, 6) is 1.15. The van der Waals surface area contributed by atoms with E-state index in [2.05, 4.69) is 0 Å². The molecule has 2 rings (SSSR count). The Bertz CT molecular complexity index is 818. The Morgan fingerprint density at radius 3 is 2.33 bits per heavy atom. The molecule has 5 heteroatoms. The lowest BCUT2D eigenvalue weighted by Crippen LogP contribution is -2.04. The number of para-hydroxylation sites is 1. The van der Waals surface area contributed by atoms with E-state index in [1.807, 2.05) is 6.07 Å². The molecule has 24 heavy (non-hydrogen) atoms. The number of benzene rings is 2. The molecule has 0 amide bonds. The normalized spacial score (nSPS) is 10.7. The molecule has 0 saturated carbocycles. The highest BCUT2D eigenvalue weighted by atomic mass is 16.5. The summed E-state index contributed by atoms with van der Waals surface area (Å²) in [5.41, 5.74) is 0.932. The Labute approximate surface area is 140 Å². The maximum absolute atomic E-state index is 12.6. The third-order valence-corrected chi connectivity index (χ3v) is 3.46. The number of rotatable bonds is 6. The molecular formula is C19H17NO4. The zero-order chi connectivity index (χ0) is 17.5. The monoisotopic (exact) mass is 323 g/mol. The first-order chi connectivity index (χ1) is 11.6. The highest BCUT2D eigenvalue weighted by molar-refractivity contribution is 6.15. The van der Waals surface area contributed by atoms with Gasteiger partial charge in [0.2, 0.25) is 5.78 Å². The second-order valence-corrected chi connectivity index (χ2v) is 4.81. The Hall–Kier alpha value is -3.26. The van der Waals surface area contributed by atoms with E-state index in [1.54, 1.807) is 49.6 Å². The minimum atomic E-state index is -0.409. The molecular weight excluding hydrogens is 306 g/mol. The van der Waals surface area contributed by atoms with Gasteiger partial charge in [-0.05, 0) is 30.3 Å². The number of hydrogen-bond acceptors (Lipinski definition) is 5. The summed E-state index contributed by atoms with van der Waals surface area (Å²) in [6.45, 7) is 0. The number of Topliss-reactive ketones (excluding diaryl/α,β-unsaturated/α-hetero) is 1. The SMILES string of the molecule is COc1ccc(C=C(C#N)C(=O)c2ccccc2OC)c(OC)c1. The zero-order valence-electron chi connectivity index (χ0n) is 13.7. The number of methoxy groups -OCH3 is 3. The Morgan fingerprint density at radius 1 is 1.00 bits per heavy atom. The fraction of sp³-hybridized carbons (Fsp3) is 0.158. The molecule has 0 radical (unpaired) electrons. The van der Waals surface area contributed by atoms with Gasteiger partial charge < -0.3 is 14.2 Å². The highest BCUT2D eigenvalue weighted by Gasteiger charge is 2.17. The number of hydrogen-bond donors (Lipinski definition) is 0. The molecule has 0 heterocycles. The molecule has 2 aromatic rings. The van der Waals surface area contributed by atoms with Crippen molar-refractivity contribution in [3.8, 4) is 23.3 Å². The quantitative estimate of drug-likeness (QED) is 0.462. The lowest BCUT2D eigenvalue weighted by molar-refractivity contribution is 0.103. The molecule has 0 atom stereocenters. The molecule has 0 aliphatic heterocycles. The van der Waals surface area contributed by atoms with Gasteiger partial charge in [-0.3, -0.25) is 4.79 Å². The lowest BCUT2D eigenvalue weighted by atomic mass is 10.0. The van der Waals surface area contributed by atoms with Crippen molar-refractivity contribution in [1.29, 1.82) is 5.26 Å². The van der Waals surface area contributed by atoms with E-state index in [1.165, 1.54) is 20.3 Å². The minimum Gasteiger partial charge on any atom is -0.497 e. The third-order valence-electron chi connectivity index (χ3n) is 3.46. The van der Waals surface area contributed by atoms with Crippen LogP contribution in [0.1, 0.15) is 15.9 Å². The first kappa shape index (κ1) is 17.1. The number of carbonyl (C=O) groups excluding carboxylic acids is 1. The van der Waals surface area contributed by atoms with Gasteiger partial charge in [-0.25, -0.2) is 0 Å². The van der Waals surface area contributed by atoms with Crippen LogP contribution in [-0.4, -0.2) is 27.1 Å². The van der Waals surface area contributed by atoms with Crippen LogP contribution >= 0.6 is 0 Å². The third kappa shape index (κ3) is 3.55. The van der Waals surface area contributed by atoms with Gasteiger partial charge in [0.25, 0.3) is 0 Å². The molecule has 0 spiro atoms. The molecule has 0 saturated heterocycles. The molecule has 5 nitrogen and oxygen atoms in total. The van der Waals surface area contributed by atoms with Gasteiger partial charge in [0.1, 0.15) is 28.9 Å².